The first-order chi connectivity index (χ1) is 12.0. The number of anilines is 1. The molecule has 3 rings (SSSR count). The van der Waals surface area contributed by atoms with Gasteiger partial charge in [-0.25, -0.2) is 4.79 Å². The second-order valence-corrected chi connectivity index (χ2v) is 7.09. The highest BCUT2D eigenvalue weighted by molar-refractivity contribution is 5.96. The first-order valence-electron chi connectivity index (χ1n) is 9.03. The average molecular weight is 345 g/mol. The van der Waals surface area contributed by atoms with Crippen molar-refractivity contribution in [2.45, 2.75) is 57.7 Å². The molecule has 2 fully saturated rings. The van der Waals surface area contributed by atoms with Crippen molar-refractivity contribution in [1.82, 2.24) is 10.2 Å². The maximum absolute atomic E-state index is 12.7. The minimum absolute atomic E-state index is 0.0372. The predicted octanol–water partition coefficient (Wildman–Crippen LogP) is 2.77. The van der Waals surface area contributed by atoms with Crippen LogP contribution in [-0.2, 0) is 4.79 Å². The normalized spacial score (nSPS) is 26.7. The molecule has 2 aliphatic heterocycles. The van der Waals surface area contributed by atoms with Gasteiger partial charge < -0.3 is 19.9 Å². The monoisotopic (exact) mass is 345 g/mol. The van der Waals surface area contributed by atoms with E-state index in [9.17, 15) is 9.59 Å². The highest BCUT2D eigenvalue weighted by Crippen LogP contribution is 2.26. The summed E-state index contributed by atoms with van der Waals surface area (Å²) in [6, 6.07) is 7.72. The van der Waals surface area contributed by atoms with Crippen LogP contribution in [0.5, 0.6) is 5.75 Å². The third kappa shape index (κ3) is 3.72. The lowest BCUT2D eigenvalue weighted by Gasteiger charge is -2.39. The molecule has 6 nitrogen and oxygen atoms in total. The van der Waals surface area contributed by atoms with Crippen LogP contribution in [0.15, 0.2) is 24.3 Å². The summed E-state index contributed by atoms with van der Waals surface area (Å²) in [5, 5.41) is 3.06. The Hall–Kier alpha value is -2.24. The van der Waals surface area contributed by atoms with Crippen molar-refractivity contribution in [3.63, 3.8) is 0 Å². The average Bonchev–Trinajstić information content (AvgIpc) is 2.95. The van der Waals surface area contributed by atoms with E-state index in [0.29, 0.717) is 13.0 Å². The molecule has 136 valence electrons. The molecule has 0 spiro atoms. The number of rotatable bonds is 3. The lowest BCUT2D eigenvalue weighted by Crippen LogP contribution is -2.54. The van der Waals surface area contributed by atoms with Gasteiger partial charge in [-0.05, 0) is 57.4 Å². The van der Waals surface area contributed by atoms with E-state index in [1.807, 2.05) is 29.2 Å². The quantitative estimate of drug-likeness (QED) is 0.916. The molecule has 1 aromatic rings. The van der Waals surface area contributed by atoms with Gasteiger partial charge in [0.2, 0.25) is 5.91 Å². The van der Waals surface area contributed by atoms with Gasteiger partial charge in [0.25, 0.3) is 0 Å². The number of methoxy groups -OCH3 is 1. The minimum atomic E-state index is -0.150. The van der Waals surface area contributed by atoms with Crippen LogP contribution >= 0.6 is 0 Å². The van der Waals surface area contributed by atoms with Crippen LogP contribution < -0.4 is 15.0 Å². The molecule has 1 N–H and O–H groups in total. The maximum Gasteiger partial charge on any atom is 0.318 e. The third-order valence-corrected chi connectivity index (χ3v) is 5.26. The van der Waals surface area contributed by atoms with Crippen molar-refractivity contribution < 1.29 is 14.3 Å². The van der Waals surface area contributed by atoms with Gasteiger partial charge in [-0.15, -0.1) is 0 Å². The standard InChI is InChI=1S/C19H27N3O3/c1-13-5-4-6-14(2)22(13)19(24)20-15-11-18(23)21(12-15)16-7-9-17(25-3)10-8-16/h7-10,13-15H,4-6,11-12H2,1-3H3,(H,20,24)/t13-,14+,15-/m1/s1. The van der Waals surface area contributed by atoms with Gasteiger partial charge in [-0.2, -0.15) is 0 Å². The number of carbonyl (C=O) groups is 2. The Morgan fingerprint density at radius 2 is 1.80 bits per heavy atom. The molecule has 0 aromatic heterocycles. The Kier molecular flexibility index (Phi) is 5.16. The molecule has 2 aliphatic rings. The van der Waals surface area contributed by atoms with Gasteiger partial charge in [-0.3, -0.25) is 4.79 Å². The Morgan fingerprint density at radius 3 is 2.40 bits per heavy atom. The van der Waals surface area contributed by atoms with E-state index >= 15 is 0 Å². The van der Waals surface area contributed by atoms with Crippen LogP contribution in [0, 0.1) is 0 Å². The number of nitrogens with zero attached hydrogens (tertiary/aromatic N) is 2. The fourth-order valence-corrected chi connectivity index (χ4v) is 3.89. The number of nitrogens with one attached hydrogen (secondary N) is 1. The van der Waals surface area contributed by atoms with Gasteiger partial charge in [0, 0.05) is 30.7 Å². The number of urea groups is 1. The summed E-state index contributed by atoms with van der Waals surface area (Å²) >= 11 is 0. The van der Waals surface area contributed by atoms with Crippen molar-refractivity contribution in [1.29, 1.82) is 0 Å². The number of piperidine rings is 1. The van der Waals surface area contributed by atoms with Crippen LogP contribution in [0.2, 0.25) is 0 Å². The number of hydrogen-bond acceptors (Lipinski definition) is 3. The number of amides is 3. The summed E-state index contributed by atoms with van der Waals surface area (Å²) in [5.74, 6) is 0.795. The van der Waals surface area contributed by atoms with Gasteiger partial charge >= 0.3 is 6.03 Å². The van der Waals surface area contributed by atoms with Gasteiger partial charge in [-0.1, -0.05) is 0 Å². The Labute approximate surface area is 149 Å². The van der Waals surface area contributed by atoms with Gasteiger partial charge in [0.05, 0.1) is 13.2 Å². The second-order valence-electron chi connectivity index (χ2n) is 7.09. The molecule has 2 saturated heterocycles. The molecule has 2 heterocycles. The summed E-state index contributed by atoms with van der Waals surface area (Å²) in [7, 11) is 1.62. The molecule has 0 unspecified atom stereocenters. The number of ether oxygens (including phenoxy) is 1. The van der Waals surface area contributed by atoms with E-state index in [4.69, 9.17) is 4.74 Å². The fraction of sp³-hybridized carbons (Fsp3) is 0.579. The number of carbonyl (C=O) groups excluding carboxylic acids is 2. The van der Waals surface area contributed by atoms with E-state index in [1.165, 1.54) is 6.42 Å². The predicted molar refractivity (Wildman–Crippen MR) is 96.9 cm³/mol. The molecular formula is C19H27N3O3. The summed E-state index contributed by atoms with van der Waals surface area (Å²) in [6.45, 7) is 4.70. The zero-order valence-electron chi connectivity index (χ0n) is 15.2. The van der Waals surface area contributed by atoms with Crippen molar-refractivity contribution in [3.05, 3.63) is 24.3 Å². The maximum atomic E-state index is 12.7. The molecule has 3 atom stereocenters. The number of hydrogen-bond donors (Lipinski definition) is 1. The zero-order chi connectivity index (χ0) is 18.0. The summed E-state index contributed by atoms with van der Waals surface area (Å²) in [6.07, 6.45) is 3.59. The SMILES string of the molecule is COc1ccc(N2C[C@H](NC(=O)N3[C@H](C)CCC[C@@H]3C)CC2=O)cc1. The van der Waals surface area contributed by atoms with Crippen LogP contribution in [0.3, 0.4) is 0 Å². The summed E-state index contributed by atoms with van der Waals surface area (Å²) in [4.78, 5) is 28.7. The van der Waals surface area contributed by atoms with Crippen LogP contribution in [-0.4, -0.2) is 48.6 Å². The smallest absolute Gasteiger partial charge is 0.318 e. The summed E-state index contributed by atoms with van der Waals surface area (Å²) < 4.78 is 5.15. The Bertz CT molecular complexity index is 621. The minimum Gasteiger partial charge on any atom is -0.497 e. The molecular weight excluding hydrogens is 318 g/mol. The first-order valence-corrected chi connectivity index (χ1v) is 9.03. The third-order valence-electron chi connectivity index (χ3n) is 5.26. The molecule has 25 heavy (non-hydrogen) atoms. The highest BCUT2D eigenvalue weighted by Gasteiger charge is 2.35. The Balaban J connectivity index is 1.63. The van der Waals surface area contributed by atoms with Crippen molar-refractivity contribution in [2.24, 2.45) is 0 Å². The highest BCUT2D eigenvalue weighted by atomic mass is 16.5. The molecule has 1 aromatic carbocycles. The number of benzene rings is 1. The van der Waals surface area contributed by atoms with Crippen molar-refractivity contribution in [2.75, 3.05) is 18.6 Å². The van der Waals surface area contributed by atoms with Crippen LogP contribution in [0.1, 0.15) is 39.5 Å². The van der Waals surface area contributed by atoms with Crippen LogP contribution in [0.25, 0.3) is 0 Å². The van der Waals surface area contributed by atoms with Crippen LogP contribution in [0.4, 0.5) is 10.5 Å². The Morgan fingerprint density at radius 1 is 1.16 bits per heavy atom. The first kappa shape index (κ1) is 17.6. The van der Waals surface area contributed by atoms with E-state index < -0.39 is 0 Å². The number of likely N-dealkylation sites (tertiary alicyclic amines) is 1. The molecule has 3 amide bonds. The van der Waals surface area contributed by atoms with Gasteiger partial charge in [0.1, 0.15) is 5.75 Å². The molecule has 0 aliphatic carbocycles. The topological polar surface area (TPSA) is 61.9 Å². The van der Waals surface area contributed by atoms with Crippen molar-refractivity contribution >= 4 is 17.6 Å². The molecule has 6 heteroatoms. The second kappa shape index (κ2) is 7.33. The van der Waals surface area contributed by atoms with E-state index in [2.05, 4.69) is 19.2 Å². The lowest BCUT2D eigenvalue weighted by atomic mass is 9.98. The largest absolute Gasteiger partial charge is 0.497 e. The molecule has 0 bridgehead atoms. The lowest BCUT2D eigenvalue weighted by molar-refractivity contribution is -0.117. The van der Waals surface area contributed by atoms with Gasteiger partial charge in [0.15, 0.2) is 0 Å². The molecule has 0 saturated carbocycles. The van der Waals surface area contributed by atoms with Crippen molar-refractivity contribution in [3.8, 4) is 5.75 Å². The fourth-order valence-electron chi connectivity index (χ4n) is 3.89. The summed E-state index contributed by atoms with van der Waals surface area (Å²) in [5.41, 5.74) is 0.835. The molecule has 0 radical (unpaired) electrons. The van der Waals surface area contributed by atoms with E-state index in [-0.39, 0.29) is 30.1 Å². The van der Waals surface area contributed by atoms with E-state index in [1.54, 1.807) is 12.0 Å². The zero-order valence-corrected chi connectivity index (χ0v) is 15.2. The van der Waals surface area contributed by atoms with E-state index in [0.717, 1.165) is 24.3 Å².